The van der Waals surface area contributed by atoms with Crippen LogP contribution in [0.15, 0.2) is 146 Å². The average molecular weight is 709 g/mol. The molecule has 0 radical (unpaired) electrons. The summed E-state index contributed by atoms with van der Waals surface area (Å²) in [6, 6.07) is 40.4. The summed E-state index contributed by atoms with van der Waals surface area (Å²) in [7, 11) is 0. The number of anilines is 2. The van der Waals surface area contributed by atoms with Gasteiger partial charge in [-0.05, 0) is 82.9 Å². The number of benzene rings is 6. The Balaban J connectivity index is 0.000000206. The number of phenols is 1. The third kappa shape index (κ3) is 9.80. The van der Waals surface area contributed by atoms with E-state index < -0.39 is 29.7 Å². The largest absolute Gasteiger partial charge is 0.508 e. The van der Waals surface area contributed by atoms with Crippen molar-refractivity contribution in [3.63, 3.8) is 0 Å². The standard InChI is InChI=1S/C22H17NO5.C20H15NO4/c1-14(24)28-18-9-5-8-17(12-18)21(25)23-20-13-16(10-11-19(20)22(26)27)15-6-3-2-4-7-15;22-16-8-4-7-15(11-16)19(23)21-18-12-14(9-10-17(18)20(24)25)13-5-2-1-3-6-13/h2-13H,1H3,(H,23,25)(H,26,27);1-12,22H,(H,21,23)(H,24,25). The number of ether oxygens (including phenoxy) is 1. The predicted molar refractivity (Wildman–Crippen MR) is 199 cm³/mol. The maximum absolute atomic E-state index is 12.6. The molecule has 53 heavy (non-hydrogen) atoms. The van der Waals surface area contributed by atoms with Crippen molar-refractivity contribution in [2.24, 2.45) is 0 Å². The first-order valence-electron chi connectivity index (χ1n) is 16.0. The molecule has 6 aromatic carbocycles. The molecule has 0 bridgehead atoms. The minimum absolute atomic E-state index is 0.00631. The van der Waals surface area contributed by atoms with Gasteiger partial charge in [0.05, 0.1) is 22.5 Å². The zero-order valence-corrected chi connectivity index (χ0v) is 28.1. The molecule has 0 saturated carbocycles. The highest BCUT2D eigenvalue weighted by molar-refractivity contribution is 6.09. The lowest BCUT2D eigenvalue weighted by Crippen LogP contribution is -2.15. The molecular weight excluding hydrogens is 676 g/mol. The third-order valence-electron chi connectivity index (χ3n) is 7.68. The van der Waals surface area contributed by atoms with Gasteiger partial charge < -0.3 is 30.7 Å². The molecule has 0 aliphatic heterocycles. The maximum Gasteiger partial charge on any atom is 0.337 e. The van der Waals surface area contributed by atoms with Gasteiger partial charge in [0.2, 0.25) is 0 Å². The molecule has 11 nitrogen and oxygen atoms in total. The molecule has 0 saturated heterocycles. The van der Waals surface area contributed by atoms with Crippen molar-refractivity contribution in [2.45, 2.75) is 6.92 Å². The number of rotatable bonds is 9. The molecule has 5 N–H and O–H groups in total. The van der Waals surface area contributed by atoms with Crippen LogP contribution >= 0.6 is 0 Å². The summed E-state index contributed by atoms with van der Waals surface area (Å²) in [6.07, 6.45) is 0. The van der Waals surface area contributed by atoms with Gasteiger partial charge >= 0.3 is 17.9 Å². The molecule has 0 aliphatic rings. The molecule has 0 atom stereocenters. The van der Waals surface area contributed by atoms with Gasteiger partial charge in [-0.3, -0.25) is 14.4 Å². The van der Waals surface area contributed by atoms with Gasteiger partial charge in [0.1, 0.15) is 11.5 Å². The number of carbonyl (C=O) groups is 5. The van der Waals surface area contributed by atoms with E-state index in [0.717, 1.165) is 22.3 Å². The first kappa shape index (κ1) is 36.7. The number of nitrogens with one attached hydrogen (secondary N) is 2. The molecular formula is C42H32N2O9. The number of aromatic hydroxyl groups is 1. The van der Waals surface area contributed by atoms with Crippen LogP contribution in [0.25, 0.3) is 22.3 Å². The molecule has 0 fully saturated rings. The Morgan fingerprint density at radius 1 is 0.491 bits per heavy atom. The molecule has 0 unspecified atom stereocenters. The Morgan fingerprint density at radius 2 is 0.943 bits per heavy atom. The smallest absolute Gasteiger partial charge is 0.337 e. The van der Waals surface area contributed by atoms with Crippen molar-refractivity contribution in [1.29, 1.82) is 0 Å². The highest BCUT2D eigenvalue weighted by Crippen LogP contribution is 2.28. The SMILES string of the molecule is CC(=O)Oc1cccc(C(=O)Nc2cc(-c3ccccc3)ccc2C(=O)O)c1.O=C(Nc1cc(-c2ccccc2)ccc1C(=O)O)c1cccc(O)c1. The first-order chi connectivity index (χ1) is 25.5. The Hall–Kier alpha value is -7.53. The molecule has 0 spiro atoms. The highest BCUT2D eigenvalue weighted by Gasteiger charge is 2.17. The van der Waals surface area contributed by atoms with E-state index in [-0.39, 0.29) is 45.1 Å². The van der Waals surface area contributed by atoms with Crippen molar-refractivity contribution in [3.05, 3.63) is 168 Å². The minimum atomic E-state index is -1.15. The Bertz CT molecular complexity index is 2310. The van der Waals surface area contributed by atoms with Crippen LogP contribution < -0.4 is 15.4 Å². The molecule has 264 valence electrons. The fourth-order valence-corrected chi connectivity index (χ4v) is 5.19. The second-order valence-corrected chi connectivity index (χ2v) is 11.4. The number of hydrogen-bond acceptors (Lipinski definition) is 7. The van der Waals surface area contributed by atoms with Crippen LogP contribution in [-0.4, -0.2) is 45.0 Å². The summed E-state index contributed by atoms with van der Waals surface area (Å²) >= 11 is 0. The fraction of sp³-hybridized carbons (Fsp3) is 0.0238. The van der Waals surface area contributed by atoms with Gasteiger partial charge in [-0.25, -0.2) is 9.59 Å². The average Bonchev–Trinajstić information content (AvgIpc) is 3.15. The fourth-order valence-electron chi connectivity index (χ4n) is 5.19. The second kappa shape index (κ2) is 16.9. The zero-order valence-electron chi connectivity index (χ0n) is 28.1. The number of carboxylic acids is 2. The number of amides is 2. The monoisotopic (exact) mass is 708 g/mol. The van der Waals surface area contributed by atoms with Gasteiger partial charge in [0, 0.05) is 18.1 Å². The summed E-state index contributed by atoms with van der Waals surface area (Å²) in [5.74, 6) is -3.60. The van der Waals surface area contributed by atoms with Crippen molar-refractivity contribution >= 4 is 41.1 Å². The van der Waals surface area contributed by atoms with Gasteiger partial charge in [0.25, 0.3) is 11.8 Å². The van der Waals surface area contributed by atoms with Crippen LogP contribution in [0.3, 0.4) is 0 Å². The van der Waals surface area contributed by atoms with Gasteiger partial charge in [-0.2, -0.15) is 0 Å². The zero-order chi connectivity index (χ0) is 37.9. The van der Waals surface area contributed by atoms with Crippen LogP contribution in [0.5, 0.6) is 11.5 Å². The predicted octanol–water partition coefficient (Wildman–Crippen LogP) is 8.24. The lowest BCUT2D eigenvalue weighted by molar-refractivity contribution is -0.131. The summed E-state index contributed by atoms with van der Waals surface area (Å²) in [6.45, 7) is 1.26. The quantitative estimate of drug-likeness (QED) is 0.0730. The van der Waals surface area contributed by atoms with E-state index in [2.05, 4.69) is 10.6 Å². The van der Waals surface area contributed by atoms with E-state index in [4.69, 9.17) is 4.74 Å². The molecule has 0 heterocycles. The Kier molecular flexibility index (Phi) is 11.7. The summed E-state index contributed by atoms with van der Waals surface area (Å²) in [5.41, 5.74) is 4.18. The van der Waals surface area contributed by atoms with E-state index in [1.54, 1.807) is 48.5 Å². The van der Waals surface area contributed by atoms with E-state index in [1.165, 1.54) is 43.3 Å². The normalized spacial score (nSPS) is 10.2. The summed E-state index contributed by atoms with van der Waals surface area (Å²) < 4.78 is 4.98. The lowest BCUT2D eigenvalue weighted by atomic mass is 10.0. The van der Waals surface area contributed by atoms with Crippen LogP contribution in [-0.2, 0) is 4.79 Å². The van der Waals surface area contributed by atoms with Gasteiger partial charge in [0.15, 0.2) is 0 Å². The van der Waals surface area contributed by atoms with Crippen LogP contribution in [0.4, 0.5) is 11.4 Å². The van der Waals surface area contributed by atoms with Crippen LogP contribution in [0, 0.1) is 0 Å². The van der Waals surface area contributed by atoms with Crippen LogP contribution in [0.1, 0.15) is 48.4 Å². The topological polar surface area (TPSA) is 179 Å². The van der Waals surface area contributed by atoms with Crippen molar-refractivity contribution in [3.8, 4) is 33.8 Å². The number of phenolic OH excluding ortho intramolecular Hbond substituents is 1. The first-order valence-corrected chi connectivity index (χ1v) is 16.0. The molecule has 0 aromatic heterocycles. The van der Waals surface area contributed by atoms with Crippen LogP contribution in [0.2, 0.25) is 0 Å². The van der Waals surface area contributed by atoms with Crippen molar-refractivity contribution in [1.82, 2.24) is 0 Å². The molecule has 11 heteroatoms. The van der Waals surface area contributed by atoms with Gasteiger partial charge in [-0.1, -0.05) is 84.9 Å². The second-order valence-electron chi connectivity index (χ2n) is 11.4. The number of carboxylic acid groups (broad SMARTS) is 2. The summed E-state index contributed by atoms with van der Waals surface area (Å²) in [5, 5.41) is 33.6. The molecule has 2 amide bonds. The molecule has 6 aromatic rings. The number of aromatic carboxylic acids is 2. The number of carbonyl (C=O) groups excluding carboxylic acids is 3. The molecule has 6 rings (SSSR count). The Labute approximate surface area is 303 Å². The highest BCUT2D eigenvalue weighted by atomic mass is 16.5. The number of esters is 1. The van der Waals surface area contributed by atoms with Crippen molar-refractivity contribution < 1.29 is 44.0 Å². The van der Waals surface area contributed by atoms with Gasteiger partial charge in [-0.15, -0.1) is 0 Å². The lowest BCUT2D eigenvalue weighted by Gasteiger charge is -2.12. The number of hydrogen-bond donors (Lipinski definition) is 5. The van der Waals surface area contributed by atoms with E-state index in [1.807, 2.05) is 60.7 Å². The minimum Gasteiger partial charge on any atom is -0.508 e. The van der Waals surface area contributed by atoms with E-state index in [0.29, 0.717) is 0 Å². The van der Waals surface area contributed by atoms with E-state index in [9.17, 15) is 39.3 Å². The van der Waals surface area contributed by atoms with Crippen molar-refractivity contribution in [2.75, 3.05) is 10.6 Å². The maximum atomic E-state index is 12.6. The summed E-state index contributed by atoms with van der Waals surface area (Å²) in [4.78, 5) is 59.1. The Morgan fingerprint density at radius 3 is 1.38 bits per heavy atom. The third-order valence-corrected chi connectivity index (χ3v) is 7.68. The van der Waals surface area contributed by atoms with E-state index >= 15 is 0 Å². The molecule has 0 aliphatic carbocycles.